The molecule has 27 heavy (non-hydrogen) atoms. The Labute approximate surface area is 161 Å². The first-order valence-corrected chi connectivity index (χ1v) is 12.4. The molecule has 2 aromatic carbocycles. The van der Waals surface area contributed by atoms with Gasteiger partial charge in [0.25, 0.3) is 0 Å². The highest BCUT2D eigenvalue weighted by molar-refractivity contribution is 7.96. The standard InChI is InChI=1S/C20H25NO4S2/c1-3-16-9-11-18(12-10-16)27(24,25)20-15-26(22,23)14-19(20)21(2)13-17-7-5-4-6-8-17/h4-12,19-20H,3,13-15H2,1-2H3/t19-,20-/m0/s1. The summed E-state index contributed by atoms with van der Waals surface area (Å²) in [5.41, 5.74) is 2.07. The molecule has 0 unspecified atom stereocenters. The van der Waals surface area contributed by atoms with Crippen LogP contribution in [0.2, 0.25) is 0 Å². The number of hydrogen-bond acceptors (Lipinski definition) is 5. The smallest absolute Gasteiger partial charge is 0.183 e. The fourth-order valence-electron chi connectivity index (χ4n) is 3.58. The van der Waals surface area contributed by atoms with Crippen molar-refractivity contribution >= 4 is 19.7 Å². The van der Waals surface area contributed by atoms with Crippen molar-refractivity contribution in [3.63, 3.8) is 0 Å². The largest absolute Gasteiger partial charge is 0.297 e. The first kappa shape index (κ1) is 20.0. The topological polar surface area (TPSA) is 71.5 Å². The summed E-state index contributed by atoms with van der Waals surface area (Å²) in [7, 11) is -5.36. The van der Waals surface area contributed by atoms with Crippen molar-refractivity contribution in [3.05, 3.63) is 65.7 Å². The van der Waals surface area contributed by atoms with Crippen LogP contribution in [-0.2, 0) is 32.6 Å². The lowest BCUT2D eigenvalue weighted by Crippen LogP contribution is -2.44. The summed E-state index contributed by atoms with van der Waals surface area (Å²) in [4.78, 5) is 2.04. The van der Waals surface area contributed by atoms with Gasteiger partial charge in [0.2, 0.25) is 0 Å². The van der Waals surface area contributed by atoms with E-state index < -0.39 is 31.0 Å². The molecular weight excluding hydrogens is 382 g/mol. The van der Waals surface area contributed by atoms with Crippen molar-refractivity contribution in [2.24, 2.45) is 0 Å². The minimum absolute atomic E-state index is 0.132. The summed E-state index contributed by atoms with van der Waals surface area (Å²) < 4.78 is 51.0. The number of benzene rings is 2. The number of hydrogen-bond donors (Lipinski definition) is 0. The van der Waals surface area contributed by atoms with Crippen LogP contribution in [0.4, 0.5) is 0 Å². The van der Waals surface area contributed by atoms with Crippen LogP contribution in [-0.4, -0.2) is 51.6 Å². The molecule has 1 fully saturated rings. The van der Waals surface area contributed by atoms with E-state index in [1.807, 2.05) is 42.2 Å². The molecule has 7 heteroatoms. The lowest BCUT2D eigenvalue weighted by molar-refractivity contribution is 0.255. The molecule has 0 aromatic heterocycles. The highest BCUT2D eigenvalue weighted by atomic mass is 32.2. The van der Waals surface area contributed by atoms with E-state index in [4.69, 9.17) is 0 Å². The summed E-state index contributed by atoms with van der Waals surface area (Å²) >= 11 is 0. The highest BCUT2D eigenvalue weighted by Gasteiger charge is 2.47. The van der Waals surface area contributed by atoms with Gasteiger partial charge in [-0.05, 0) is 36.7 Å². The second-order valence-corrected chi connectivity index (χ2v) is 11.4. The van der Waals surface area contributed by atoms with Crippen molar-refractivity contribution < 1.29 is 16.8 Å². The van der Waals surface area contributed by atoms with Crippen LogP contribution in [0.5, 0.6) is 0 Å². The summed E-state index contributed by atoms with van der Waals surface area (Å²) in [6, 6.07) is 15.8. The Morgan fingerprint density at radius 3 is 2.19 bits per heavy atom. The number of sulfone groups is 2. The van der Waals surface area contributed by atoms with Crippen molar-refractivity contribution in [2.45, 2.75) is 36.1 Å². The van der Waals surface area contributed by atoms with Gasteiger partial charge in [-0.3, -0.25) is 4.90 Å². The van der Waals surface area contributed by atoms with Crippen LogP contribution in [0, 0.1) is 0 Å². The van der Waals surface area contributed by atoms with Crippen LogP contribution >= 0.6 is 0 Å². The van der Waals surface area contributed by atoms with E-state index in [0.29, 0.717) is 6.54 Å². The predicted molar refractivity (Wildman–Crippen MR) is 107 cm³/mol. The van der Waals surface area contributed by atoms with E-state index in [1.165, 1.54) is 0 Å². The second-order valence-electron chi connectivity index (χ2n) is 7.13. The van der Waals surface area contributed by atoms with Gasteiger partial charge in [-0.25, -0.2) is 16.8 Å². The first-order valence-electron chi connectivity index (χ1n) is 9.00. The summed E-state index contributed by atoms with van der Waals surface area (Å²) in [5.74, 6) is -0.456. The Bertz CT molecular complexity index is 984. The molecule has 1 aliphatic rings. The highest BCUT2D eigenvalue weighted by Crippen LogP contribution is 2.29. The van der Waals surface area contributed by atoms with Gasteiger partial charge >= 0.3 is 0 Å². The van der Waals surface area contributed by atoms with Gasteiger partial charge in [0.05, 0.1) is 21.7 Å². The maximum atomic E-state index is 13.2. The Morgan fingerprint density at radius 2 is 1.59 bits per heavy atom. The Balaban J connectivity index is 1.90. The minimum atomic E-state index is -3.74. The molecule has 1 saturated heterocycles. The molecule has 0 amide bonds. The second kappa shape index (κ2) is 7.73. The van der Waals surface area contributed by atoms with Crippen molar-refractivity contribution in [2.75, 3.05) is 18.6 Å². The maximum absolute atomic E-state index is 13.2. The van der Waals surface area contributed by atoms with Crippen LogP contribution < -0.4 is 0 Å². The summed E-state index contributed by atoms with van der Waals surface area (Å²) in [5, 5.41) is -0.955. The molecular formula is C20H25NO4S2. The Kier molecular flexibility index (Phi) is 5.74. The van der Waals surface area contributed by atoms with Gasteiger partial charge in [0.1, 0.15) is 0 Å². The van der Waals surface area contributed by atoms with Crippen molar-refractivity contribution in [3.8, 4) is 0 Å². The van der Waals surface area contributed by atoms with Crippen molar-refractivity contribution in [1.29, 1.82) is 0 Å². The van der Waals surface area contributed by atoms with Gasteiger partial charge in [0.15, 0.2) is 19.7 Å². The quantitative estimate of drug-likeness (QED) is 0.735. The molecule has 5 nitrogen and oxygen atoms in total. The van der Waals surface area contributed by atoms with Gasteiger partial charge in [-0.2, -0.15) is 0 Å². The zero-order chi connectivity index (χ0) is 19.7. The van der Waals surface area contributed by atoms with Crippen LogP contribution in [0.25, 0.3) is 0 Å². The van der Waals surface area contributed by atoms with Gasteiger partial charge in [-0.1, -0.05) is 49.4 Å². The third kappa shape index (κ3) is 4.42. The van der Waals surface area contributed by atoms with Gasteiger partial charge < -0.3 is 0 Å². The Hall–Kier alpha value is -1.70. The first-order chi connectivity index (χ1) is 12.7. The lowest BCUT2D eigenvalue weighted by atomic mass is 10.1. The molecule has 0 spiro atoms. The van der Waals surface area contributed by atoms with E-state index in [1.54, 1.807) is 31.3 Å². The Morgan fingerprint density at radius 1 is 0.963 bits per heavy atom. The molecule has 3 rings (SSSR count). The monoisotopic (exact) mass is 407 g/mol. The van der Waals surface area contributed by atoms with E-state index >= 15 is 0 Å². The van der Waals surface area contributed by atoms with Crippen LogP contribution in [0.3, 0.4) is 0 Å². The zero-order valence-corrected chi connectivity index (χ0v) is 17.2. The maximum Gasteiger partial charge on any atom is 0.183 e. The number of nitrogens with zero attached hydrogens (tertiary/aromatic N) is 1. The lowest BCUT2D eigenvalue weighted by Gasteiger charge is -2.28. The fourth-order valence-corrected chi connectivity index (χ4v) is 8.49. The van der Waals surface area contributed by atoms with E-state index in [2.05, 4.69) is 0 Å². The summed E-state index contributed by atoms with van der Waals surface area (Å²) in [6.45, 7) is 2.50. The molecule has 2 atom stereocenters. The molecule has 0 bridgehead atoms. The average Bonchev–Trinajstić information content (AvgIpc) is 2.99. The molecule has 2 aromatic rings. The van der Waals surface area contributed by atoms with E-state index in [9.17, 15) is 16.8 Å². The molecule has 1 aliphatic heterocycles. The molecule has 0 radical (unpaired) electrons. The molecule has 1 heterocycles. The van der Waals surface area contributed by atoms with Crippen LogP contribution in [0.15, 0.2) is 59.5 Å². The number of aryl methyl sites for hydroxylation is 1. The van der Waals surface area contributed by atoms with E-state index in [0.717, 1.165) is 17.5 Å². The van der Waals surface area contributed by atoms with Crippen LogP contribution in [0.1, 0.15) is 18.1 Å². The molecule has 0 aliphatic carbocycles. The SMILES string of the molecule is CCc1ccc(S(=O)(=O)[C@H]2CS(=O)(=O)C[C@@H]2N(C)Cc2ccccc2)cc1. The molecule has 0 saturated carbocycles. The summed E-state index contributed by atoms with van der Waals surface area (Å²) in [6.07, 6.45) is 0.820. The van der Waals surface area contributed by atoms with E-state index in [-0.39, 0.29) is 16.4 Å². The average molecular weight is 408 g/mol. The third-order valence-corrected chi connectivity index (χ3v) is 9.31. The van der Waals surface area contributed by atoms with Gasteiger partial charge in [-0.15, -0.1) is 0 Å². The molecule has 146 valence electrons. The third-order valence-electron chi connectivity index (χ3n) is 5.17. The van der Waals surface area contributed by atoms with Crippen molar-refractivity contribution in [1.82, 2.24) is 4.90 Å². The fraction of sp³-hybridized carbons (Fsp3) is 0.400. The zero-order valence-electron chi connectivity index (χ0n) is 15.6. The normalized spacial score (nSPS) is 22.2. The molecule has 0 N–H and O–H groups in total. The predicted octanol–water partition coefficient (Wildman–Crippen LogP) is 2.32. The minimum Gasteiger partial charge on any atom is -0.297 e. The van der Waals surface area contributed by atoms with Gasteiger partial charge in [0, 0.05) is 12.6 Å². The number of rotatable bonds is 6.